The lowest BCUT2D eigenvalue weighted by Crippen LogP contribution is -2.43. The van der Waals surface area contributed by atoms with E-state index in [9.17, 15) is 14.4 Å². The highest BCUT2D eigenvalue weighted by molar-refractivity contribution is 6.00. The van der Waals surface area contributed by atoms with Gasteiger partial charge in [-0.1, -0.05) is 30.3 Å². The van der Waals surface area contributed by atoms with Crippen molar-refractivity contribution >= 4 is 29.1 Å². The summed E-state index contributed by atoms with van der Waals surface area (Å²) >= 11 is 0. The third kappa shape index (κ3) is 4.40. The van der Waals surface area contributed by atoms with Crippen LogP contribution in [-0.2, 0) is 14.4 Å². The summed E-state index contributed by atoms with van der Waals surface area (Å²) in [5.74, 6) is 0.348. The van der Waals surface area contributed by atoms with Crippen molar-refractivity contribution in [2.45, 2.75) is 38.1 Å². The molecule has 2 aliphatic rings. The van der Waals surface area contributed by atoms with Crippen LogP contribution in [0.1, 0.15) is 43.7 Å². The van der Waals surface area contributed by atoms with E-state index in [-0.39, 0.29) is 17.7 Å². The minimum absolute atomic E-state index is 0.00617. The van der Waals surface area contributed by atoms with Crippen LogP contribution in [0.15, 0.2) is 48.5 Å². The van der Waals surface area contributed by atoms with Gasteiger partial charge in [0.15, 0.2) is 0 Å². The molecule has 0 bridgehead atoms. The Morgan fingerprint density at radius 2 is 1.74 bits per heavy atom. The highest BCUT2D eigenvalue weighted by Crippen LogP contribution is 2.35. The van der Waals surface area contributed by atoms with Gasteiger partial charge in [0.05, 0.1) is 12.8 Å². The van der Waals surface area contributed by atoms with Gasteiger partial charge < -0.3 is 19.9 Å². The number of hydrogen-bond donors (Lipinski definition) is 1. The molecule has 1 atom stereocenters. The van der Waals surface area contributed by atoms with Crippen molar-refractivity contribution in [3.8, 4) is 5.75 Å². The van der Waals surface area contributed by atoms with Gasteiger partial charge in [-0.05, 0) is 43.0 Å². The first-order chi connectivity index (χ1) is 15.1. The van der Waals surface area contributed by atoms with Gasteiger partial charge >= 0.3 is 0 Å². The van der Waals surface area contributed by atoms with Crippen LogP contribution in [0.2, 0.25) is 0 Å². The zero-order chi connectivity index (χ0) is 21.8. The van der Waals surface area contributed by atoms with Crippen molar-refractivity contribution in [3.05, 3.63) is 54.1 Å². The number of piperidine rings is 1. The van der Waals surface area contributed by atoms with Crippen molar-refractivity contribution in [2.75, 3.05) is 30.4 Å². The molecule has 0 radical (unpaired) electrons. The van der Waals surface area contributed by atoms with Crippen LogP contribution in [-0.4, -0.2) is 42.8 Å². The molecule has 2 saturated heterocycles. The molecule has 7 nitrogen and oxygen atoms in total. The average Bonchev–Trinajstić information content (AvgIpc) is 3.21. The summed E-state index contributed by atoms with van der Waals surface area (Å²) < 4.78 is 5.43. The summed E-state index contributed by atoms with van der Waals surface area (Å²) in [6.07, 6.45) is 3.50. The molecule has 0 spiro atoms. The summed E-state index contributed by atoms with van der Waals surface area (Å²) in [6, 6.07) is 13.9. The SMILES string of the molecule is COc1ccc(NC(=O)C(c2ccccc2)N2CCCCC2=O)cc1N1CCCC1=O. The van der Waals surface area contributed by atoms with Crippen molar-refractivity contribution < 1.29 is 19.1 Å². The normalized spacial score (nSPS) is 17.6. The number of benzene rings is 2. The van der Waals surface area contributed by atoms with Crippen molar-refractivity contribution in [3.63, 3.8) is 0 Å². The van der Waals surface area contributed by atoms with Crippen LogP contribution in [0.3, 0.4) is 0 Å². The van der Waals surface area contributed by atoms with Crippen molar-refractivity contribution in [1.82, 2.24) is 4.90 Å². The largest absolute Gasteiger partial charge is 0.495 e. The van der Waals surface area contributed by atoms with Gasteiger partial charge in [0.25, 0.3) is 5.91 Å². The van der Waals surface area contributed by atoms with Gasteiger partial charge in [-0.3, -0.25) is 14.4 Å². The number of ether oxygens (including phenoxy) is 1. The molecule has 3 amide bonds. The number of likely N-dealkylation sites (tertiary alicyclic amines) is 1. The summed E-state index contributed by atoms with van der Waals surface area (Å²) in [5.41, 5.74) is 1.98. The summed E-state index contributed by atoms with van der Waals surface area (Å²) in [4.78, 5) is 41.6. The predicted molar refractivity (Wildman–Crippen MR) is 118 cm³/mol. The second-order valence-corrected chi connectivity index (χ2v) is 7.88. The monoisotopic (exact) mass is 421 g/mol. The van der Waals surface area contributed by atoms with Gasteiger partial charge in [-0.15, -0.1) is 0 Å². The van der Waals surface area contributed by atoms with E-state index in [1.165, 1.54) is 0 Å². The highest BCUT2D eigenvalue weighted by Gasteiger charge is 2.33. The number of rotatable bonds is 6. The number of carbonyl (C=O) groups excluding carboxylic acids is 3. The van der Waals surface area contributed by atoms with E-state index in [1.807, 2.05) is 30.3 Å². The Morgan fingerprint density at radius 1 is 0.968 bits per heavy atom. The van der Waals surface area contributed by atoms with Crippen LogP contribution in [0.4, 0.5) is 11.4 Å². The van der Waals surface area contributed by atoms with Gasteiger partial charge in [0.2, 0.25) is 11.8 Å². The number of carbonyl (C=O) groups is 3. The quantitative estimate of drug-likeness (QED) is 0.774. The predicted octanol–water partition coefficient (Wildman–Crippen LogP) is 3.51. The Labute approximate surface area is 182 Å². The van der Waals surface area contributed by atoms with Crippen molar-refractivity contribution in [1.29, 1.82) is 0 Å². The molecule has 0 aromatic heterocycles. The number of hydrogen-bond acceptors (Lipinski definition) is 4. The Bertz CT molecular complexity index is 976. The molecule has 31 heavy (non-hydrogen) atoms. The summed E-state index contributed by atoms with van der Waals surface area (Å²) in [6.45, 7) is 1.18. The van der Waals surface area contributed by atoms with E-state index >= 15 is 0 Å². The zero-order valence-corrected chi connectivity index (χ0v) is 17.7. The van der Waals surface area contributed by atoms with Crippen LogP contribution >= 0.6 is 0 Å². The molecule has 2 aliphatic heterocycles. The number of nitrogens with one attached hydrogen (secondary N) is 1. The standard InChI is InChI=1S/C24H27N3O4/c1-31-20-13-12-18(16-19(20)26-15-7-11-21(26)28)25-24(30)23(17-8-3-2-4-9-17)27-14-6-5-10-22(27)29/h2-4,8-9,12-13,16,23H,5-7,10-11,14-15H2,1H3,(H,25,30). The Kier molecular flexibility index (Phi) is 6.21. The topological polar surface area (TPSA) is 79.0 Å². The zero-order valence-electron chi connectivity index (χ0n) is 17.7. The molecule has 0 aliphatic carbocycles. The second-order valence-electron chi connectivity index (χ2n) is 7.88. The molecule has 2 aromatic carbocycles. The molecule has 0 saturated carbocycles. The van der Waals surface area contributed by atoms with Gasteiger partial charge in [-0.2, -0.15) is 0 Å². The maximum absolute atomic E-state index is 13.4. The van der Waals surface area contributed by atoms with Crippen LogP contribution in [0.25, 0.3) is 0 Å². The van der Waals surface area contributed by atoms with Gasteiger partial charge in [0.1, 0.15) is 11.8 Å². The first-order valence-electron chi connectivity index (χ1n) is 10.7. The molecular formula is C24H27N3O4. The molecule has 1 N–H and O–H groups in total. The maximum atomic E-state index is 13.4. The van der Waals surface area contributed by atoms with Crippen LogP contribution in [0, 0.1) is 0 Å². The Morgan fingerprint density at radius 3 is 2.42 bits per heavy atom. The van der Waals surface area contributed by atoms with E-state index in [0.717, 1.165) is 24.8 Å². The third-order valence-electron chi connectivity index (χ3n) is 5.85. The highest BCUT2D eigenvalue weighted by atomic mass is 16.5. The lowest BCUT2D eigenvalue weighted by Gasteiger charge is -2.34. The third-order valence-corrected chi connectivity index (χ3v) is 5.85. The fourth-order valence-corrected chi connectivity index (χ4v) is 4.30. The van der Waals surface area contributed by atoms with E-state index in [0.29, 0.717) is 43.1 Å². The van der Waals surface area contributed by atoms with Gasteiger partial charge in [-0.25, -0.2) is 0 Å². The molecular weight excluding hydrogens is 394 g/mol. The van der Waals surface area contributed by atoms with Crippen LogP contribution in [0.5, 0.6) is 5.75 Å². The average molecular weight is 421 g/mol. The number of anilines is 2. The number of amides is 3. The summed E-state index contributed by atoms with van der Waals surface area (Å²) in [7, 11) is 1.56. The smallest absolute Gasteiger partial charge is 0.251 e. The van der Waals surface area contributed by atoms with Gasteiger partial charge in [0, 0.05) is 31.6 Å². The summed E-state index contributed by atoms with van der Waals surface area (Å²) in [5, 5.41) is 2.96. The van der Waals surface area contributed by atoms with E-state index in [4.69, 9.17) is 4.74 Å². The molecule has 1 unspecified atom stereocenters. The molecule has 2 aromatic rings. The first-order valence-corrected chi connectivity index (χ1v) is 10.7. The fraction of sp³-hybridized carbons (Fsp3) is 0.375. The number of methoxy groups -OCH3 is 1. The molecule has 162 valence electrons. The molecule has 4 rings (SSSR count). The second kappa shape index (κ2) is 9.20. The lowest BCUT2D eigenvalue weighted by atomic mass is 10.0. The number of nitrogens with zero attached hydrogens (tertiary/aromatic N) is 2. The molecule has 2 fully saturated rings. The molecule has 7 heteroatoms. The molecule has 2 heterocycles. The Balaban J connectivity index is 1.63. The Hall–Kier alpha value is -3.35. The van der Waals surface area contributed by atoms with E-state index < -0.39 is 6.04 Å². The minimum atomic E-state index is -0.701. The lowest BCUT2D eigenvalue weighted by molar-refractivity contribution is -0.141. The maximum Gasteiger partial charge on any atom is 0.251 e. The van der Waals surface area contributed by atoms with E-state index in [1.54, 1.807) is 35.1 Å². The van der Waals surface area contributed by atoms with Crippen molar-refractivity contribution in [2.24, 2.45) is 0 Å². The van der Waals surface area contributed by atoms with E-state index in [2.05, 4.69) is 5.32 Å². The minimum Gasteiger partial charge on any atom is -0.495 e. The first kappa shape index (κ1) is 20.9. The van der Waals surface area contributed by atoms with Crippen LogP contribution < -0.4 is 15.0 Å². The fourth-order valence-electron chi connectivity index (χ4n) is 4.30.